The molecule has 41 heavy (non-hydrogen) atoms. The van der Waals surface area contributed by atoms with Crippen LogP contribution in [0.2, 0.25) is 0 Å². The van der Waals surface area contributed by atoms with Crippen LogP contribution in [0.5, 0.6) is 5.75 Å². The van der Waals surface area contributed by atoms with Crippen molar-refractivity contribution in [1.29, 1.82) is 0 Å². The summed E-state index contributed by atoms with van der Waals surface area (Å²) in [7, 11) is 0. The van der Waals surface area contributed by atoms with Gasteiger partial charge in [-0.05, 0) is 48.4 Å². The number of aliphatic carboxylic acids is 2. The molecule has 0 fully saturated rings. The molecule has 3 aromatic carbocycles. The summed E-state index contributed by atoms with van der Waals surface area (Å²) < 4.78 is 24.9. The van der Waals surface area contributed by atoms with E-state index in [4.69, 9.17) is 9.26 Å². The number of carboxylic acid groups (broad SMARTS) is 2. The summed E-state index contributed by atoms with van der Waals surface area (Å²) in [6, 6.07) is 16.6. The second-order valence-corrected chi connectivity index (χ2v) is 9.28. The van der Waals surface area contributed by atoms with Crippen LogP contribution in [-0.4, -0.2) is 48.1 Å². The highest BCUT2D eigenvalue weighted by Crippen LogP contribution is 2.32. The van der Waals surface area contributed by atoms with Gasteiger partial charge in [-0.2, -0.15) is 0 Å². The molecule has 0 spiro atoms. The van der Waals surface area contributed by atoms with E-state index in [1.165, 1.54) is 36.4 Å². The highest BCUT2D eigenvalue weighted by atomic mass is 19.1. The van der Waals surface area contributed by atoms with Crippen molar-refractivity contribution in [3.05, 3.63) is 94.2 Å². The molecule has 2 aromatic heterocycles. The minimum absolute atomic E-state index is 0.135. The lowest BCUT2D eigenvalue weighted by atomic mass is 9.79. The highest BCUT2D eigenvalue weighted by molar-refractivity contribution is 6.10. The van der Waals surface area contributed by atoms with E-state index >= 15 is 0 Å². The summed E-state index contributed by atoms with van der Waals surface area (Å²) in [5, 5.41) is 31.8. The number of Topliss-reactive ketones (excluding diaryl/α,β-unsaturated/α-hetero) is 1. The zero-order valence-corrected chi connectivity index (χ0v) is 21.2. The summed E-state index contributed by atoms with van der Waals surface area (Å²) in [6.45, 7) is -0.285. The Morgan fingerprint density at radius 1 is 0.976 bits per heavy atom. The highest BCUT2D eigenvalue weighted by Gasteiger charge is 2.49. The van der Waals surface area contributed by atoms with E-state index in [2.05, 4.69) is 15.5 Å². The molecule has 208 valence electrons. The van der Waals surface area contributed by atoms with Crippen molar-refractivity contribution in [2.45, 2.75) is 26.0 Å². The number of hydrogen-bond acceptors (Lipinski definition) is 9. The number of aromatic nitrogens is 4. The van der Waals surface area contributed by atoms with Gasteiger partial charge in [0.2, 0.25) is 0 Å². The second kappa shape index (κ2) is 11.0. The minimum atomic E-state index is -2.59. The topological polar surface area (TPSA) is 175 Å². The van der Waals surface area contributed by atoms with Gasteiger partial charge in [-0.3, -0.25) is 19.2 Å². The average Bonchev–Trinajstić information content (AvgIpc) is 3.39. The largest absolute Gasteiger partial charge is 0.489 e. The number of ketones is 1. The van der Waals surface area contributed by atoms with Crippen LogP contribution in [0.3, 0.4) is 0 Å². The van der Waals surface area contributed by atoms with Crippen molar-refractivity contribution < 1.29 is 38.2 Å². The van der Waals surface area contributed by atoms with Crippen LogP contribution in [0, 0.1) is 11.2 Å². The van der Waals surface area contributed by atoms with Gasteiger partial charge in [0.15, 0.2) is 22.5 Å². The normalized spacial score (nSPS) is 11.5. The SMILES string of the molecule is O=C(CC(CCn1nnc2ccccc2c1=O)(C(=O)O)C(=O)O)c1noc2cc(OCc3ccc(F)cc3)ccc12. The van der Waals surface area contributed by atoms with Gasteiger partial charge in [-0.25, -0.2) is 9.07 Å². The Labute approximate surface area is 229 Å². The first-order valence-corrected chi connectivity index (χ1v) is 12.3. The number of hydrogen-bond donors (Lipinski definition) is 2. The van der Waals surface area contributed by atoms with Gasteiger partial charge in [0, 0.05) is 19.0 Å². The third kappa shape index (κ3) is 5.37. The molecule has 0 radical (unpaired) electrons. The number of aryl methyl sites for hydroxylation is 1. The van der Waals surface area contributed by atoms with Crippen LogP contribution in [-0.2, 0) is 22.7 Å². The second-order valence-electron chi connectivity index (χ2n) is 9.28. The van der Waals surface area contributed by atoms with Crippen LogP contribution < -0.4 is 10.3 Å². The lowest BCUT2D eigenvalue weighted by Gasteiger charge is -2.23. The van der Waals surface area contributed by atoms with E-state index in [0.29, 0.717) is 11.3 Å². The number of halogens is 1. The zero-order chi connectivity index (χ0) is 29.1. The van der Waals surface area contributed by atoms with Crippen LogP contribution in [0.25, 0.3) is 21.9 Å². The van der Waals surface area contributed by atoms with E-state index in [1.807, 2.05) is 0 Å². The van der Waals surface area contributed by atoms with Crippen molar-refractivity contribution in [3.8, 4) is 5.75 Å². The molecule has 0 amide bonds. The molecule has 0 saturated carbocycles. The summed E-state index contributed by atoms with van der Waals surface area (Å²) in [5.74, 6) is -4.41. The fourth-order valence-corrected chi connectivity index (χ4v) is 4.33. The molecule has 12 nitrogen and oxygen atoms in total. The van der Waals surface area contributed by atoms with E-state index in [9.17, 15) is 33.8 Å². The van der Waals surface area contributed by atoms with Crippen molar-refractivity contribution >= 4 is 39.6 Å². The number of rotatable bonds is 11. The molecule has 0 saturated heterocycles. The lowest BCUT2D eigenvalue weighted by Crippen LogP contribution is -2.43. The van der Waals surface area contributed by atoms with E-state index in [-0.39, 0.29) is 34.5 Å². The minimum Gasteiger partial charge on any atom is -0.489 e. The number of carboxylic acids is 2. The Morgan fingerprint density at radius 2 is 1.71 bits per heavy atom. The smallest absolute Gasteiger partial charge is 0.321 e. The molecule has 5 aromatic rings. The average molecular weight is 560 g/mol. The fourth-order valence-electron chi connectivity index (χ4n) is 4.33. The van der Waals surface area contributed by atoms with Gasteiger partial charge in [0.05, 0.1) is 10.8 Å². The first kappa shape index (κ1) is 27.1. The van der Waals surface area contributed by atoms with Crippen LogP contribution in [0.1, 0.15) is 28.9 Å². The number of ether oxygens (including phenoxy) is 1. The Morgan fingerprint density at radius 3 is 2.44 bits per heavy atom. The van der Waals surface area contributed by atoms with Crippen LogP contribution >= 0.6 is 0 Å². The molecule has 0 aliphatic carbocycles. The zero-order valence-electron chi connectivity index (χ0n) is 21.2. The maximum Gasteiger partial charge on any atom is 0.321 e. The summed E-state index contributed by atoms with van der Waals surface area (Å²) in [5.41, 5.74) is -2.22. The van der Waals surface area contributed by atoms with Crippen LogP contribution in [0.15, 0.2) is 76.0 Å². The van der Waals surface area contributed by atoms with Crippen LogP contribution in [0.4, 0.5) is 4.39 Å². The monoisotopic (exact) mass is 560 g/mol. The number of fused-ring (bicyclic) bond motifs is 2. The number of benzene rings is 3. The third-order valence-corrected chi connectivity index (χ3v) is 6.69. The van der Waals surface area contributed by atoms with Gasteiger partial charge < -0.3 is 19.5 Å². The molecular formula is C28H21FN4O8. The first-order valence-electron chi connectivity index (χ1n) is 12.3. The number of nitrogens with zero attached hydrogens (tertiary/aromatic N) is 4. The van der Waals surface area contributed by atoms with Gasteiger partial charge in [-0.15, -0.1) is 5.10 Å². The summed E-state index contributed by atoms with van der Waals surface area (Å²) in [4.78, 5) is 50.5. The van der Waals surface area contributed by atoms with E-state index in [1.54, 1.807) is 30.3 Å². The maximum absolute atomic E-state index is 13.2. The molecule has 0 atom stereocenters. The van der Waals surface area contributed by atoms with Gasteiger partial charge in [-0.1, -0.05) is 34.6 Å². The Bertz CT molecular complexity index is 1830. The van der Waals surface area contributed by atoms with Crippen molar-refractivity contribution in [1.82, 2.24) is 20.2 Å². The molecule has 0 aliphatic heterocycles. The molecule has 0 aliphatic rings. The lowest BCUT2D eigenvalue weighted by molar-refractivity contribution is -0.165. The van der Waals surface area contributed by atoms with Gasteiger partial charge >= 0.3 is 11.9 Å². The predicted molar refractivity (Wildman–Crippen MR) is 140 cm³/mol. The first-order chi connectivity index (χ1) is 19.7. The molecule has 0 bridgehead atoms. The molecule has 2 N–H and O–H groups in total. The van der Waals surface area contributed by atoms with Gasteiger partial charge in [0.1, 0.15) is 23.7 Å². The summed E-state index contributed by atoms with van der Waals surface area (Å²) in [6.07, 6.45) is -1.59. The molecule has 13 heteroatoms. The summed E-state index contributed by atoms with van der Waals surface area (Å²) >= 11 is 0. The Balaban J connectivity index is 1.35. The fraction of sp³-hybridized carbons (Fsp3) is 0.179. The quantitative estimate of drug-likeness (QED) is 0.179. The Hall–Kier alpha value is -5.46. The number of carbonyl (C=O) groups excluding carboxylic acids is 1. The Kier molecular flexibility index (Phi) is 7.25. The van der Waals surface area contributed by atoms with E-state index in [0.717, 1.165) is 10.2 Å². The van der Waals surface area contributed by atoms with Crippen molar-refractivity contribution in [2.75, 3.05) is 0 Å². The predicted octanol–water partition coefficient (Wildman–Crippen LogP) is 3.47. The van der Waals surface area contributed by atoms with Crippen molar-refractivity contribution in [2.24, 2.45) is 5.41 Å². The van der Waals surface area contributed by atoms with Gasteiger partial charge in [0.25, 0.3) is 5.56 Å². The van der Waals surface area contributed by atoms with Crippen molar-refractivity contribution in [3.63, 3.8) is 0 Å². The molecule has 5 rings (SSSR count). The number of carbonyl (C=O) groups is 3. The molecule has 2 heterocycles. The molecule has 0 unspecified atom stereocenters. The van der Waals surface area contributed by atoms with E-state index < -0.39 is 48.1 Å². The maximum atomic E-state index is 13.2. The standard InChI is InChI=1S/C28H21FN4O8/c29-17-7-5-16(6-8-17)15-40-18-9-10-20-23(13-18)41-31-24(20)22(34)14-28(26(36)37,27(38)39)11-12-33-25(35)19-3-1-2-4-21(19)30-32-33/h1-10,13H,11-12,14-15H2,(H,36,37)(H,38,39). The molecular weight excluding hydrogens is 539 g/mol. The third-order valence-electron chi connectivity index (χ3n) is 6.69.